The first kappa shape index (κ1) is 25.6. The first-order chi connectivity index (χ1) is 16.4. The number of rotatable bonds is 3. The molecule has 3 rings (SSSR count). The summed E-state index contributed by atoms with van der Waals surface area (Å²) in [7, 11) is 0. The lowest BCUT2D eigenvalue weighted by molar-refractivity contribution is -0.137. The Bertz CT molecular complexity index is 982. The van der Waals surface area contributed by atoms with Gasteiger partial charge < -0.3 is 24.7 Å². The predicted molar refractivity (Wildman–Crippen MR) is 129 cm³/mol. The maximum Gasteiger partial charge on any atom is 0.342 e. The fourth-order valence-corrected chi connectivity index (χ4v) is 4.12. The van der Waals surface area contributed by atoms with Crippen molar-refractivity contribution in [3.63, 3.8) is 0 Å². The molecule has 0 spiro atoms. The zero-order valence-corrected chi connectivity index (χ0v) is 20.1. The third-order valence-electron chi connectivity index (χ3n) is 5.76. The molecule has 9 heteroatoms. The number of oxime groups is 1. The molecule has 2 heterocycles. The number of phenolic OH excluding ortho intramolecular Hbond substituents is 2. The zero-order valence-electron chi connectivity index (χ0n) is 19.3. The van der Waals surface area contributed by atoms with Gasteiger partial charge in [-0.15, -0.1) is 0 Å². The van der Waals surface area contributed by atoms with Gasteiger partial charge in [0.1, 0.15) is 17.1 Å². The fraction of sp³-hybridized carbons (Fsp3) is 0.480. The molecule has 1 unspecified atom stereocenters. The molecule has 1 amide bonds. The van der Waals surface area contributed by atoms with Crippen LogP contribution in [0, 0.1) is 5.92 Å². The molecule has 0 saturated carbocycles. The van der Waals surface area contributed by atoms with Crippen LogP contribution in [0.15, 0.2) is 35.5 Å². The van der Waals surface area contributed by atoms with Crippen LogP contribution in [0.1, 0.15) is 54.9 Å². The van der Waals surface area contributed by atoms with Gasteiger partial charge in [0.2, 0.25) is 0 Å². The minimum atomic E-state index is -0.752. The van der Waals surface area contributed by atoms with E-state index in [0.29, 0.717) is 25.2 Å². The first-order valence-corrected chi connectivity index (χ1v) is 11.9. The van der Waals surface area contributed by atoms with E-state index in [1.807, 2.05) is 18.2 Å². The highest BCUT2D eigenvalue weighted by molar-refractivity contribution is 6.33. The summed E-state index contributed by atoms with van der Waals surface area (Å²) in [6.45, 7) is 3.43. The molecule has 1 fully saturated rings. The van der Waals surface area contributed by atoms with E-state index in [2.05, 4.69) is 12.1 Å². The Kier molecular flexibility index (Phi) is 9.39. The second-order valence-corrected chi connectivity index (χ2v) is 8.90. The van der Waals surface area contributed by atoms with Gasteiger partial charge in [-0.05, 0) is 49.7 Å². The summed E-state index contributed by atoms with van der Waals surface area (Å²) in [6.07, 6.45) is 11.9. The lowest BCUT2D eigenvalue weighted by Gasteiger charge is -2.26. The standard InChI is InChI=1S/C25H31ClN2O6/c1-17-8-3-6-13-33-25(32)23-19(24(26)21(30)15-20(23)29)14-18(10-7-9-17)27-34-16-22(31)28-11-4-2-5-12-28/h3,7-8,10,15,17,29-30H,2,4-6,9,11-14,16H2,1H3/b8-3?,10-7+,27-18-. The minimum Gasteiger partial charge on any atom is -0.507 e. The number of piperidine rings is 1. The molecule has 0 aliphatic carbocycles. The third kappa shape index (κ3) is 7.00. The molecule has 2 aliphatic heterocycles. The summed E-state index contributed by atoms with van der Waals surface area (Å²) in [5.74, 6) is -1.44. The Morgan fingerprint density at radius 2 is 2.00 bits per heavy atom. The van der Waals surface area contributed by atoms with E-state index in [0.717, 1.165) is 31.7 Å². The number of hydrogen-bond donors (Lipinski definition) is 2. The van der Waals surface area contributed by atoms with E-state index in [1.54, 1.807) is 11.0 Å². The van der Waals surface area contributed by atoms with Crippen LogP contribution in [0.2, 0.25) is 5.02 Å². The lowest BCUT2D eigenvalue weighted by Crippen LogP contribution is -2.37. The van der Waals surface area contributed by atoms with Crippen LogP contribution in [-0.4, -0.2) is 59.0 Å². The molecule has 1 atom stereocenters. The van der Waals surface area contributed by atoms with Crippen molar-refractivity contribution < 1.29 is 29.4 Å². The second-order valence-electron chi connectivity index (χ2n) is 8.52. The second kappa shape index (κ2) is 12.5. The van der Waals surface area contributed by atoms with Crippen LogP contribution in [0.3, 0.4) is 0 Å². The van der Waals surface area contributed by atoms with Crippen molar-refractivity contribution in [2.24, 2.45) is 11.1 Å². The Hall–Kier alpha value is -3.00. The molecule has 1 aromatic carbocycles. The smallest absolute Gasteiger partial charge is 0.342 e. The van der Waals surface area contributed by atoms with Gasteiger partial charge in [-0.25, -0.2) is 4.79 Å². The quantitative estimate of drug-likeness (QED) is 0.370. The average Bonchev–Trinajstić information content (AvgIpc) is 2.81. The summed E-state index contributed by atoms with van der Waals surface area (Å²) in [4.78, 5) is 32.3. The van der Waals surface area contributed by atoms with Crippen molar-refractivity contribution in [3.05, 3.63) is 46.5 Å². The molecule has 2 N–H and O–H groups in total. The van der Waals surface area contributed by atoms with Crippen molar-refractivity contribution in [2.75, 3.05) is 26.3 Å². The number of benzene rings is 1. The van der Waals surface area contributed by atoms with Crippen LogP contribution in [0.25, 0.3) is 0 Å². The SMILES string of the molecule is CC1C=CCCOC(=O)c2c(O)cc(O)c(Cl)c2CC(=N\OCC(=O)N2CCCCC2)/C=C/C1. The van der Waals surface area contributed by atoms with E-state index in [-0.39, 0.29) is 53.4 Å². The maximum absolute atomic E-state index is 12.7. The van der Waals surface area contributed by atoms with Gasteiger partial charge >= 0.3 is 5.97 Å². The number of cyclic esters (lactones) is 1. The number of likely N-dealkylation sites (tertiary alicyclic amines) is 1. The third-order valence-corrected chi connectivity index (χ3v) is 6.18. The van der Waals surface area contributed by atoms with Crippen LogP contribution >= 0.6 is 11.6 Å². The van der Waals surface area contributed by atoms with Crippen LogP contribution < -0.4 is 0 Å². The van der Waals surface area contributed by atoms with Gasteiger partial charge in [0.15, 0.2) is 6.61 Å². The van der Waals surface area contributed by atoms with Gasteiger partial charge in [0.05, 0.1) is 17.3 Å². The first-order valence-electron chi connectivity index (χ1n) is 11.6. The highest BCUT2D eigenvalue weighted by atomic mass is 35.5. The Morgan fingerprint density at radius 3 is 2.76 bits per heavy atom. The molecule has 1 aromatic rings. The number of nitrogens with zero attached hydrogens (tertiary/aromatic N) is 2. The molecule has 0 bridgehead atoms. The fourth-order valence-electron chi connectivity index (χ4n) is 3.90. The molecule has 184 valence electrons. The summed E-state index contributed by atoms with van der Waals surface area (Å²) in [5.41, 5.74) is 0.405. The molecule has 0 radical (unpaired) electrons. The highest BCUT2D eigenvalue weighted by Gasteiger charge is 2.24. The summed E-state index contributed by atoms with van der Waals surface area (Å²) in [6, 6.07) is 1.01. The molecule has 34 heavy (non-hydrogen) atoms. The van der Waals surface area contributed by atoms with E-state index >= 15 is 0 Å². The molecule has 8 nitrogen and oxygen atoms in total. The molecular weight excluding hydrogens is 460 g/mol. The minimum absolute atomic E-state index is 0.0240. The molecule has 2 aliphatic rings. The van der Waals surface area contributed by atoms with E-state index in [4.69, 9.17) is 21.2 Å². The summed E-state index contributed by atoms with van der Waals surface area (Å²) < 4.78 is 5.31. The Balaban J connectivity index is 1.88. The van der Waals surface area contributed by atoms with Gasteiger partial charge in [-0.2, -0.15) is 0 Å². The number of ether oxygens (including phenoxy) is 1. The number of hydrogen-bond acceptors (Lipinski definition) is 7. The Labute approximate surface area is 204 Å². The van der Waals surface area contributed by atoms with Gasteiger partial charge in [-0.3, -0.25) is 4.79 Å². The number of aromatic hydroxyl groups is 2. The van der Waals surface area contributed by atoms with Crippen molar-refractivity contribution in [1.82, 2.24) is 4.90 Å². The van der Waals surface area contributed by atoms with E-state index in [1.165, 1.54) is 0 Å². The van der Waals surface area contributed by atoms with Crippen molar-refractivity contribution in [2.45, 2.75) is 45.4 Å². The van der Waals surface area contributed by atoms with Crippen molar-refractivity contribution in [3.8, 4) is 11.5 Å². The van der Waals surface area contributed by atoms with Gasteiger partial charge in [-0.1, -0.05) is 41.9 Å². The number of esters is 1. The highest BCUT2D eigenvalue weighted by Crippen LogP contribution is 2.37. The number of allylic oxidation sites excluding steroid dienone is 3. The molecule has 1 saturated heterocycles. The topological polar surface area (TPSA) is 109 Å². The van der Waals surface area contributed by atoms with E-state index < -0.39 is 11.7 Å². The number of halogens is 1. The van der Waals surface area contributed by atoms with Crippen molar-refractivity contribution in [1.29, 1.82) is 0 Å². The number of carbonyl (C=O) groups is 2. The average molecular weight is 491 g/mol. The van der Waals surface area contributed by atoms with Crippen LogP contribution in [-0.2, 0) is 20.8 Å². The summed E-state index contributed by atoms with van der Waals surface area (Å²) >= 11 is 6.31. The van der Waals surface area contributed by atoms with Crippen molar-refractivity contribution >= 4 is 29.2 Å². The number of amides is 1. The summed E-state index contributed by atoms with van der Waals surface area (Å²) in [5, 5.41) is 24.6. The predicted octanol–water partition coefficient (Wildman–Crippen LogP) is 4.38. The molecule has 0 aromatic heterocycles. The van der Waals surface area contributed by atoms with Gasteiger partial charge in [0.25, 0.3) is 5.91 Å². The monoisotopic (exact) mass is 490 g/mol. The normalized spacial score (nSPS) is 21.9. The molecular formula is C25H31ClN2O6. The number of phenols is 2. The zero-order chi connectivity index (χ0) is 24.5. The van der Waals surface area contributed by atoms with E-state index in [9.17, 15) is 19.8 Å². The maximum atomic E-state index is 12.7. The Morgan fingerprint density at radius 1 is 1.24 bits per heavy atom. The van der Waals surface area contributed by atoms with Crippen LogP contribution in [0.4, 0.5) is 0 Å². The lowest BCUT2D eigenvalue weighted by atomic mass is 9.99. The van der Waals surface area contributed by atoms with Crippen LogP contribution in [0.5, 0.6) is 11.5 Å². The number of fused-ring (bicyclic) bond motifs is 1. The van der Waals surface area contributed by atoms with Gasteiger partial charge in [0, 0.05) is 25.6 Å². The number of carbonyl (C=O) groups excluding carboxylic acids is 2. The largest absolute Gasteiger partial charge is 0.507 e.